The van der Waals surface area contributed by atoms with Crippen molar-refractivity contribution < 1.29 is 25.8 Å². The van der Waals surface area contributed by atoms with Crippen molar-refractivity contribution in [2.75, 3.05) is 16.8 Å². The van der Waals surface area contributed by atoms with Crippen molar-refractivity contribution in [2.45, 2.75) is 15.2 Å². The van der Waals surface area contributed by atoms with E-state index in [1.165, 1.54) is 0 Å². The summed E-state index contributed by atoms with van der Waals surface area (Å²) in [6.45, 7) is 2.08. The van der Waals surface area contributed by atoms with Crippen LogP contribution >= 0.6 is 11.8 Å². The van der Waals surface area contributed by atoms with Crippen LogP contribution in [0.1, 0.15) is 33.4 Å². The first kappa shape index (κ1) is 33.3. The van der Waals surface area contributed by atoms with E-state index in [1.54, 1.807) is 18.0 Å². The quantitative estimate of drug-likeness (QED) is 0.163. The fourth-order valence-electron chi connectivity index (χ4n) is 8.58. The van der Waals surface area contributed by atoms with E-state index < -0.39 is 5.41 Å². The van der Waals surface area contributed by atoms with Crippen molar-refractivity contribution >= 4 is 50.6 Å². The van der Waals surface area contributed by atoms with Crippen molar-refractivity contribution in [2.24, 2.45) is 0 Å². The molecule has 2 aromatic heterocycles. The van der Waals surface area contributed by atoms with Gasteiger partial charge in [-0.2, -0.15) is 29.3 Å². The summed E-state index contributed by atoms with van der Waals surface area (Å²) in [6, 6.07) is 52.6. The molecule has 0 radical (unpaired) electrons. The molecule has 5 heterocycles. The average Bonchev–Trinajstić information content (AvgIpc) is 3.74. The van der Waals surface area contributed by atoms with E-state index in [0.717, 1.165) is 76.7 Å². The number of nitriles is 2. The first-order chi connectivity index (χ1) is 26.6. The van der Waals surface area contributed by atoms with Gasteiger partial charge in [-0.15, -0.1) is 35.2 Å². The van der Waals surface area contributed by atoms with Gasteiger partial charge in [0.05, 0.1) is 23.3 Å². The Bertz CT molecular complexity index is 2940. The molecule has 1 spiro atoms. The number of hydrogen-bond donors (Lipinski definition) is 0. The molecule has 3 aliphatic heterocycles. The van der Waals surface area contributed by atoms with E-state index in [-0.39, 0.29) is 21.1 Å². The number of aromatic nitrogens is 2. The fraction of sp³-hybridized carbons (Fsp3) is 0.0435. The van der Waals surface area contributed by atoms with Gasteiger partial charge in [0.2, 0.25) is 0 Å². The Morgan fingerprint density at radius 1 is 0.727 bits per heavy atom. The van der Waals surface area contributed by atoms with Gasteiger partial charge in [0.15, 0.2) is 0 Å². The second-order valence-corrected chi connectivity index (χ2v) is 14.7. The number of ether oxygens (including phenoxy) is 1. The van der Waals surface area contributed by atoms with Crippen molar-refractivity contribution in [3.63, 3.8) is 0 Å². The third-order valence-electron chi connectivity index (χ3n) is 10.8. The second-order valence-electron chi connectivity index (χ2n) is 13.6. The van der Waals surface area contributed by atoms with E-state index in [9.17, 15) is 10.5 Å². The molecule has 264 valence electrons. The molecule has 9 heteroatoms. The number of nitrogens with zero attached hydrogens (tertiary/aromatic N) is 6. The van der Waals surface area contributed by atoms with Crippen LogP contribution in [-0.2, 0) is 26.5 Å². The Labute approximate surface area is 335 Å². The molecule has 0 amide bonds. The Morgan fingerprint density at radius 3 is 2.20 bits per heavy atom. The molecular weight excluding hydrogens is 880 g/mol. The molecule has 0 atom stereocenters. The Balaban J connectivity index is 0.00000372. The van der Waals surface area contributed by atoms with Gasteiger partial charge in [-0.05, 0) is 89.8 Å². The van der Waals surface area contributed by atoms with Crippen LogP contribution in [0.3, 0.4) is 0 Å². The summed E-state index contributed by atoms with van der Waals surface area (Å²) in [6.07, 6.45) is 1.80. The zero-order chi connectivity index (χ0) is 36.1. The van der Waals surface area contributed by atoms with E-state index in [2.05, 4.69) is 92.8 Å². The van der Waals surface area contributed by atoms with E-state index in [4.69, 9.17) is 4.74 Å². The largest absolute Gasteiger partial charge is 0.509 e. The van der Waals surface area contributed by atoms with Crippen molar-refractivity contribution in [3.8, 4) is 29.5 Å². The normalized spacial score (nSPS) is 14.0. The van der Waals surface area contributed by atoms with Gasteiger partial charge in [-0.1, -0.05) is 59.4 Å². The van der Waals surface area contributed by atoms with Crippen LogP contribution in [0.25, 0.3) is 27.6 Å². The van der Waals surface area contributed by atoms with Crippen LogP contribution in [-0.4, -0.2) is 16.6 Å². The van der Waals surface area contributed by atoms with Gasteiger partial charge in [-0.3, -0.25) is 0 Å². The third-order valence-corrected chi connectivity index (χ3v) is 11.9. The first-order valence-electron chi connectivity index (χ1n) is 17.5. The van der Waals surface area contributed by atoms with Gasteiger partial charge >= 0.3 is 0 Å². The monoisotopic (exact) mass is 904 g/mol. The molecule has 6 aromatic carbocycles. The minimum Gasteiger partial charge on any atom is -0.509 e. The molecule has 0 fully saturated rings. The number of benzene rings is 6. The summed E-state index contributed by atoms with van der Waals surface area (Å²) in [5.41, 5.74) is 9.17. The standard InChI is InChI=1S/C46H25N6OS.Pt/c1-50-27-51-41-24-31(53-30-14-16-33-32-7-2-3-9-38(32)52(40(33)23-30)44-11-4-5-20-49-44)15-17-34(41)46(35-8-6-10-39(50)45(35)51)36-21-28(25-47)12-18-42(36)54-43-19-13-29(26-48)22-37(43)46;/h2-22,27H,1H3;/q-3;. The first-order valence-corrected chi connectivity index (χ1v) is 18.3. The summed E-state index contributed by atoms with van der Waals surface area (Å²) in [4.78, 5) is 11.1. The predicted octanol–water partition coefficient (Wildman–Crippen LogP) is 10.2. The van der Waals surface area contributed by atoms with Gasteiger partial charge in [0.1, 0.15) is 5.82 Å². The molecule has 55 heavy (non-hydrogen) atoms. The third kappa shape index (κ3) is 4.63. The Morgan fingerprint density at radius 2 is 1.45 bits per heavy atom. The van der Waals surface area contributed by atoms with Crippen LogP contribution in [0.2, 0.25) is 0 Å². The summed E-state index contributed by atoms with van der Waals surface area (Å²) < 4.78 is 8.78. The zero-order valence-corrected chi connectivity index (χ0v) is 32.1. The Kier molecular flexibility index (Phi) is 7.48. The number of hydrogen-bond acceptors (Lipinski definition) is 7. The molecule has 0 N–H and O–H groups in total. The SMILES string of the molecule is CN1[CH-]N2c3[c-]c(Oc4[c-]c5c(cc4)c4ccccc4n5-c4ccccn4)ccc3C3(c4cc(C#N)ccc4Sc4ccc(C#N)cc43)c3cccc1c32.[Pt]. The molecule has 11 rings (SSSR count). The molecule has 3 aliphatic rings. The molecule has 0 aliphatic carbocycles. The number of fused-ring (bicyclic) bond motifs is 11. The summed E-state index contributed by atoms with van der Waals surface area (Å²) in [5.74, 6) is 1.89. The second kappa shape index (κ2) is 12.4. The minimum absolute atomic E-state index is 0. The van der Waals surface area contributed by atoms with Crippen LogP contribution in [0.4, 0.5) is 17.1 Å². The van der Waals surface area contributed by atoms with E-state index in [0.29, 0.717) is 22.6 Å². The number of para-hydroxylation sites is 2. The molecule has 7 nitrogen and oxygen atoms in total. The van der Waals surface area contributed by atoms with Gasteiger partial charge in [-0.25, -0.2) is 4.98 Å². The average molecular weight is 905 g/mol. The van der Waals surface area contributed by atoms with Crippen molar-refractivity contribution in [1.29, 1.82) is 10.5 Å². The Hall–Kier alpha value is -6.31. The van der Waals surface area contributed by atoms with Crippen LogP contribution in [0.5, 0.6) is 11.5 Å². The molecule has 0 saturated heterocycles. The molecule has 8 aromatic rings. The minimum atomic E-state index is -0.852. The van der Waals surface area contributed by atoms with Gasteiger partial charge in [0.25, 0.3) is 0 Å². The number of anilines is 3. The number of pyridine rings is 1. The van der Waals surface area contributed by atoms with Crippen LogP contribution in [0, 0.1) is 41.5 Å². The summed E-state index contributed by atoms with van der Waals surface area (Å²) in [5, 5.41) is 22.4. The predicted molar refractivity (Wildman–Crippen MR) is 209 cm³/mol. The maximum absolute atomic E-state index is 10.1. The van der Waals surface area contributed by atoms with Crippen molar-refractivity contribution in [1.82, 2.24) is 9.55 Å². The zero-order valence-electron chi connectivity index (χ0n) is 29.0. The van der Waals surface area contributed by atoms with Crippen LogP contribution < -0.4 is 14.5 Å². The fourth-order valence-corrected chi connectivity index (χ4v) is 9.73. The molecule has 0 unspecified atom stereocenters. The topological polar surface area (TPSA) is 81.1 Å². The molecule has 0 saturated carbocycles. The molecule has 0 bridgehead atoms. The smallest absolute Gasteiger partial charge is 0.135 e. The van der Waals surface area contributed by atoms with Crippen LogP contribution in [0.15, 0.2) is 137 Å². The van der Waals surface area contributed by atoms with Crippen molar-refractivity contribution in [3.05, 3.63) is 180 Å². The summed E-state index contributed by atoms with van der Waals surface area (Å²) in [7, 11) is 2.05. The molecular formula is C46H25N6OPtS-3. The summed E-state index contributed by atoms with van der Waals surface area (Å²) >= 11 is 1.67. The van der Waals surface area contributed by atoms with E-state index in [1.807, 2.05) is 85.9 Å². The maximum Gasteiger partial charge on any atom is 0.135 e. The maximum atomic E-state index is 10.1. The van der Waals surface area contributed by atoms with Gasteiger partial charge < -0.3 is 19.1 Å². The number of rotatable bonds is 3. The van der Waals surface area contributed by atoms with Gasteiger partial charge in [0, 0.05) is 70.9 Å². The van der Waals surface area contributed by atoms with E-state index >= 15 is 0 Å².